The van der Waals surface area contributed by atoms with E-state index in [0.29, 0.717) is 16.3 Å². The molecule has 202 valence electrons. The quantitative estimate of drug-likeness (QED) is 0.322. The minimum atomic E-state index is -4.13. The first-order valence-corrected chi connectivity index (χ1v) is 14.7. The van der Waals surface area contributed by atoms with Gasteiger partial charge in [0, 0.05) is 22.1 Å². The maximum absolute atomic E-state index is 13.9. The van der Waals surface area contributed by atoms with Gasteiger partial charge in [0.1, 0.15) is 12.6 Å². The summed E-state index contributed by atoms with van der Waals surface area (Å²) in [5, 5.41) is 3.29. The van der Waals surface area contributed by atoms with Gasteiger partial charge in [0.05, 0.1) is 10.6 Å². The fraction of sp³-hybridized carbons (Fsp3) is 0.286. The SMILES string of the molecule is Cc1cc(Cl)ccc1N(CC(=O)N(Cc1ccc(Br)cc1)C(C)C(=O)NC(C)C)S(=O)(=O)c1ccccc1. The van der Waals surface area contributed by atoms with Crippen LogP contribution < -0.4 is 9.62 Å². The van der Waals surface area contributed by atoms with Crippen molar-refractivity contribution < 1.29 is 18.0 Å². The number of carbonyl (C=O) groups excluding carboxylic acids is 2. The number of aryl methyl sites for hydroxylation is 1. The van der Waals surface area contributed by atoms with Gasteiger partial charge in [-0.15, -0.1) is 0 Å². The van der Waals surface area contributed by atoms with Gasteiger partial charge >= 0.3 is 0 Å². The van der Waals surface area contributed by atoms with Crippen LogP contribution in [-0.2, 0) is 26.2 Å². The third-order valence-corrected chi connectivity index (χ3v) is 8.44. The van der Waals surface area contributed by atoms with E-state index < -0.39 is 28.5 Å². The summed E-state index contributed by atoms with van der Waals surface area (Å²) in [5.74, 6) is -0.848. The first kappa shape index (κ1) is 29.7. The highest BCUT2D eigenvalue weighted by atomic mass is 79.9. The van der Waals surface area contributed by atoms with E-state index in [1.54, 1.807) is 50.2 Å². The molecule has 0 aromatic heterocycles. The molecule has 1 unspecified atom stereocenters. The molecule has 3 aromatic carbocycles. The highest BCUT2D eigenvalue weighted by Gasteiger charge is 2.33. The third-order valence-electron chi connectivity index (χ3n) is 5.90. The number of sulfonamides is 1. The molecule has 2 amide bonds. The number of hydrogen-bond donors (Lipinski definition) is 1. The Morgan fingerprint density at radius 2 is 1.61 bits per heavy atom. The summed E-state index contributed by atoms with van der Waals surface area (Å²) in [5.41, 5.74) is 1.72. The maximum Gasteiger partial charge on any atom is 0.264 e. The van der Waals surface area contributed by atoms with E-state index in [1.807, 2.05) is 38.1 Å². The Bertz CT molecular complexity index is 1380. The topological polar surface area (TPSA) is 86.8 Å². The molecule has 3 aromatic rings. The average Bonchev–Trinajstić information content (AvgIpc) is 2.87. The summed E-state index contributed by atoms with van der Waals surface area (Å²) in [6.07, 6.45) is 0. The van der Waals surface area contributed by atoms with E-state index in [9.17, 15) is 18.0 Å². The van der Waals surface area contributed by atoms with Crippen LogP contribution in [0.15, 0.2) is 82.2 Å². The van der Waals surface area contributed by atoms with E-state index in [-0.39, 0.29) is 23.4 Å². The molecule has 10 heteroatoms. The van der Waals surface area contributed by atoms with E-state index in [0.717, 1.165) is 14.3 Å². The van der Waals surface area contributed by atoms with E-state index >= 15 is 0 Å². The van der Waals surface area contributed by atoms with Gasteiger partial charge in [0.2, 0.25) is 11.8 Å². The average molecular weight is 621 g/mol. The molecule has 0 aliphatic carbocycles. The van der Waals surface area contributed by atoms with Gasteiger partial charge in [-0.25, -0.2) is 8.42 Å². The standard InChI is InChI=1S/C28H31BrClN3O4S/c1-19(2)31-28(35)21(4)32(17-22-10-12-23(29)13-11-22)27(34)18-33(26-15-14-24(30)16-20(26)3)38(36,37)25-8-6-5-7-9-25/h5-16,19,21H,17-18H2,1-4H3,(H,31,35). The van der Waals surface area contributed by atoms with Crippen LogP contribution in [-0.4, -0.2) is 43.8 Å². The third kappa shape index (κ3) is 7.36. The molecule has 0 saturated carbocycles. The second kappa shape index (κ2) is 12.8. The van der Waals surface area contributed by atoms with Gasteiger partial charge < -0.3 is 10.2 Å². The number of amides is 2. The van der Waals surface area contributed by atoms with Crippen LogP contribution in [0.4, 0.5) is 5.69 Å². The largest absolute Gasteiger partial charge is 0.352 e. The molecule has 1 atom stereocenters. The predicted molar refractivity (Wildman–Crippen MR) is 155 cm³/mol. The van der Waals surface area contributed by atoms with E-state index in [2.05, 4.69) is 21.2 Å². The first-order valence-electron chi connectivity index (χ1n) is 12.1. The number of carbonyl (C=O) groups is 2. The first-order chi connectivity index (χ1) is 17.9. The number of halogens is 2. The van der Waals surface area contributed by atoms with Crippen molar-refractivity contribution in [3.05, 3.63) is 93.4 Å². The lowest BCUT2D eigenvalue weighted by molar-refractivity contribution is -0.139. The summed E-state index contributed by atoms with van der Waals surface area (Å²) in [6.45, 7) is 6.66. The Hall–Kier alpha value is -2.88. The lowest BCUT2D eigenvalue weighted by atomic mass is 10.1. The van der Waals surface area contributed by atoms with Gasteiger partial charge in [-0.2, -0.15) is 0 Å². The Balaban J connectivity index is 2.05. The molecule has 0 bridgehead atoms. The maximum atomic E-state index is 13.9. The van der Waals surface area contributed by atoms with Crippen LogP contribution in [0.1, 0.15) is 31.9 Å². The van der Waals surface area contributed by atoms with Crippen molar-refractivity contribution >= 4 is 55.1 Å². The monoisotopic (exact) mass is 619 g/mol. The Morgan fingerprint density at radius 3 is 2.18 bits per heavy atom. The molecule has 0 saturated heterocycles. The summed E-state index contributed by atoms with van der Waals surface area (Å²) in [6, 6.07) is 19.2. The van der Waals surface area contributed by atoms with Crippen molar-refractivity contribution in [1.29, 1.82) is 0 Å². The fourth-order valence-electron chi connectivity index (χ4n) is 3.91. The molecule has 0 radical (unpaired) electrons. The lowest BCUT2D eigenvalue weighted by Crippen LogP contribution is -2.52. The van der Waals surface area contributed by atoms with Crippen LogP contribution in [0.25, 0.3) is 0 Å². The number of hydrogen-bond acceptors (Lipinski definition) is 4. The second-order valence-corrected chi connectivity index (χ2v) is 12.5. The van der Waals surface area contributed by atoms with Crippen molar-refractivity contribution in [1.82, 2.24) is 10.2 Å². The number of anilines is 1. The van der Waals surface area contributed by atoms with Gasteiger partial charge in [0.15, 0.2) is 0 Å². The van der Waals surface area contributed by atoms with Crippen molar-refractivity contribution in [2.75, 3.05) is 10.8 Å². The van der Waals surface area contributed by atoms with Crippen LogP contribution in [0.3, 0.4) is 0 Å². The molecule has 0 aliphatic heterocycles. The Morgan fingerprint density at radius 1 is 0.974 bits per heavy atom. The van der Waals surface area contributed by atoms with Gasteiger partial charge in [-0.05, 0) is 81.3 Å². The zero-order valence-corrected chi connectivity index (χ0v) is 24.8. The van der Waals surface area contributed by atoms with Gasteiger partial charge in [-0.1, -0.05) is 57.9 Å². The van der Waals surface area contributed by atoms with Crippen LogP contribution in [0.5, 0.6) is 0 Å². The molecule has 0 fully saturated rings. The molecule has 0 spiro atoms. The predicted octanol–water partition coefficient (Wildman–Crippen LogP) is 5.55. The van der Waals surface area contributed by atoms with Crippen molar-refractivity contribution in [3.8, 4) is 0 Å². The molecular weight excluding hydrogens is 590 g/mol. The van der Waals surface area contributed by atoms with Gasteiger partial charge in [-0.3, -0.25) is 13.9 Å². The zero-order valence-electron chi connectivity index (χ0n) is 21.7. The van der Waals surface area contributed by atoms with Crippen molar-refractivity contribution in [2.45, 2.75) is 51.2 Å². The normalized spacial score (nSPS) is 12.2. The number of rotatable bonds is 10. The molecule has 7 nitrogen and oxygen atoms in total. The highest BCUT2D eigenvalue weighted by Crippen LogP contribution is 2.29. The molecule has 3 rings (SSSR count). The Labute approximate surface area is 238 Å². The summed E-state index contributed by atoms with van der Waals surface area (Å²) < 4.78 is 29.6. The number of benzene rings is 3. The van der Waals surface area contributed by atoms with Gasteiger partial charge in [0.25, 0.3) is 10.0 Å². The molecule has 0 aliphatic rings. The summed E-state index contributed by atoms with van der Waals surface area (Å²) in [7, 11) is -4.13. The second-order valence-electron chi connectivity index (χ2n) is 9.24. The highest BCUT2D eigenvalue weighted by molar-refractivity contribution is 9.10. The molecule has 1 N–H and O–H groups in total. The number of nitrogens with zero attached hydrogens (tertiary/aromatic N) is 2. The van der Waals surface area contributed by atoms with Crippen LogP contribution in [0, 0.1) is 6.92 Å². The molecule has 38 heavy (non-hydrogen) atoms. The van der Waals surface area contributed by atoms with E-state index in [1.165, 1.54) is 17.0 Å². The van der Waals surface area contributed by atoms with Crippen LogP contribution in [0.2, 0.25) is 5.02 Å². The summed E-state index contributed by atoms with van der Waals surface area (Å²) in [4.78, 5) is 28.3. The lowest BCUT2D eigenvalue weighted by Gasteiger charge is -2.32. The Kier molecular flexibility index (Phi) is 9.98. The molecular formula is C28H31BrClN3O4S. The van der Waals surface area contributed by atoms with Crippen molar-refractivity contribution in [3.63, 3.8) is 0 Å². The van der Waals surface area contributed by atoms with Crippen LogP contribution >= 0.6 is 27.5 Å². The smallest absolute Gasteiger partial charge is 0.264 e. The van der Waals surface area contributed by atoms with Crippen molar-refractivity contribution in [2.24, 2.45) is 0 Å². The number of nitrogens with one attached hydrogen (secondary N) is 1. The molecule has 0 heterocycles. The summed E-state index contributed by atoms with van der Waals surface area (Å²) >= 11 is 9.54. The van der Waals surface area contributed by atoms with E-state index in [4.69, 9.17) is 11.6 Å². The fourth-order valence-corrected chi connectivity index (χ4v) is 5.90. The zero-order chi connectivity index (χ0) is 28.0. The minimum Gasteiger partial charge on any atom is -0.352 e. The minimum absolute atomic E-state index is 0.0483.